The van der Waals surface area contributed by atoms with Crippen molar-refractivity contribution in [1.82, 2.24) is 5.43 Å². The third-order valence-electron chi connectivity index (χ3n) is 3.14. The van der Waals surface area contributed by atoms with E-state index in [1.54, 1.807) is 17.6 Å². The molecular formula is C17H14N2OS2. The number of amides is 1. The third-order valence-corrected chi connectivity index (χ3v) is 4.86. The molecule has 3 aromatic rings. The Kier molecular flexibility index (Phi) is 4.46. The highest BCUT2D eigenvalue weighted by molar-refractivity contribution is 7.12. The summed E-state index contributed by atoms with van der Waals surface area (Å²) in [5.74, 6) is -0.182. The number of benzene rings is 1. The number of nitrogens with one attached hydrogen (secondary N) is 1. The van der Waals surface area contributed by atoms with E-state index in [0.29, 0.717) is 4.88 Å². The molecule has 0 saturated carbocycles. The summed E-state index contributed by atoms with van der Waals surface area (Å²) in [6.45, 7) is 2.05. The standard InChI is InChI=1S/C17H14N2OS2/c1-12-4-6-13(7-5-12)15-8-10-22-16(15)17(20)19-18-11-14-3-2-9-21-14/h2-11H,1H3,(H,19,20)/b18-11-. The van der Waals surface area contributed by atoms with E-state index in [2.05, 4.69) is 10.5 Å². The predicted octanol–water partition coefficient (Wildman–Crippen LogP) is 4.55. The van der Waals surface area contributed by atoms with Crippen molar-refractivity contribution in [1.29, 1.82) is 0 Å². The second-order valence-electron chi connectivity index (χ2n) is 4.74. The number of aryl methyl sites for hydroxylation is 1. The summed E-state index contributed by atoms with van der Waals surface area (Å²) in [5, 5.41) is 7.91. The lowest BCUT2D eigenvalue weighted by molar-refractivity contribution is 0.0960. The monoisotopic (exact) mass is 326 g/mol. The summed E-state index contributed by atoms with van der Waals surface area (Å²) in [5.41, 5.74) is 5.77. The maximum absolute atomic E-state index is 12.3. The highest BCUT2D eigenvalue weighted by Gasteiger charge is 2.13. The van der Waals surface area contributed by atoms with Gasteiger partial charge in [0.25, 0.3) is 5.91 Å². The van der Waals surface area contributed by atoms with Crippen molar-refractivity contribution in [2.45, 2.75) is 6.92 Å². The normalized spacial score (nSPS) is 11.0. The Morgan fingerprint density at radius 3 is 2.64 bits per heavy atom. The first-order valence-electron chi connectivity index (χ1n) is 6.75. The molecule has 1 N–H and O–H groups in total. The Balaban J connectivity index is 1.76. The molecule has 0 bridgehead atoms. The first kappa shape index (κ1) is 14.7. The van der Waals surface area contributed by atoms with Gasteiger partial charge in [0.15, 0.2) is 0 Å². The van der Waals surface area contributed by atoms with Gasteiger partial charge in [0.2, 0.25) is 0 Å². The van der Waals surface area contributed by atoms with Crippen molar-refractivity contribution >= 4 is 34.8 Å². The largest absolute Gasteiger partial charge is 0.282 e. The van der Waals surface area contributed by atoms with Crippen molar-refractivity contribution in [3.63, 3.8) is 0 Å². The van der Waals surface area contributed by atoms with Crippen LogP contribution in [-0.2, 0) is 0 Å². The Hall–Kier alpha value is -2.24. The van der Waals surface area contributed by atoms with Gasteiger partial charge in [0, 0.05) is 10.4 Å². The number of rotatable bonds is 4. The molecule has 0 aliphatic heterocycles. The van der Waals surface area contributed by atoms with E-state index in [1.165, 1.54) is 16.9 Å². The molecule has 5 heteroatoms. The first-order chi connectivity index (χ1) is 10.7. The van der Waals surface area contributed by atoms with Crippen molar-refractivity contribution in [3.05, 3.63) is 68.5 Å². The van der Waals surface area contributed by atoms with Gasteiger partial charge in [0.05, 0.1) is 6.21 Å². The Labute approximate surface area is 136 Å². The highest BCUT2D eigenvalue weighted by atomic mass is 32.1. The fourth-order valence-electron chi connectivity index (χ4n) is 2.02. The van der Waals surface area contributed by atoms with Gasteiger partial charge in [-0.15, -0.1) is 22.7 Å². The minimum Gasteiger partial charge on any atom is -0.266 e. The van der Waals surface area contributed by atoms with Crippen LogP contribution in [0.5, 0.6) is 0 Å². The zero-order valence-electron chi connectivity index (χ0n) is 11.9. The molecule has 0 aliphatic carbocycles. The molecule has 0 radical (unpaired) electrons. The van der Waals surface area contributed by atoms with Crippen molar-refractivity contribution in [3.8, 4) is 11.1 Å². The molecule has 0 aliphatic rings. The fraction of sp³-hybridized carbons (Fsp3) is 0.0588. The lowest BCUT2D eigenvalue weighted by atomic mass is 10.1. The van der Waals surface area contributed by atoms with Crippen LogP contribution in [0.15, 0.2) is 58.3 Å². The van der Waals surface area contributed by atoms with Crippen LogP contribution >= 0.6 is 22.7 Å². The van der Waals surface area contributed by atoms with Gasteiger partial charge in [-0.25, -0.2) is 5.43 Å². The van der Waals surface area contributed by atoms with Crippen LogP contribution in [0.25, 0.3) is 11.1 Å². The molecule has 0 spiro atoms. The number of hydrazone groups is 1. The number of nitrogens with zero attached hydrogens (tertiary/aromatic N) is 1. The Morgan fingerprint density at radius 1 is 1.09 bits per heavy atom. The second-order valence-corrected chi connectivity index (χ2v) is 6.64. The minimum absolute atomic E-state index is 0.182. The molecular weight excluding hydrogens is 312 g/mol. The number of carbonyl (C=O) groups excluding carboxylic acids is 1. The van der Waals surface area contributed by atoms with E-state index in [0.717, 1.165) is 16.0 Å². The van der Waals surface area contributed by atoms with Crippen LogP contribution in [-0.4, -0.2) is 12.1 Å². The maximum atomic E-state index is 12.3. The SMILES string of the molecule is Cc1ccc(-c2ccsc2C(=O)N/N=C\c2cccs2)cc1. The minimum atomic E-state index is -0.182. The molecule has 0 atom stereocenters. The van der Waals surface area contributed by atoms with Gasteiger partial charge < -0.3 is 0 Å². The zero-order chi connectivity index (χ0) is 15.4. The van der Waals surface area contributed by atoms with Gasteiger partial charge in [-0.3, -0.25) is 4.79 Å². The topological polar surface area (TPSA) is 41.5 Å². The summed E-state index contributed by atoms with van der Waals surface area (Å²) < 4.78 is 0. The zero-order valence-corrected chi connectivity index (χ0v) is 13.6. The number of carbonyl (C=O) groups is 1. The molecule has 1 aromatic carbocycles. The second kappa shape index (κ2) is 6.68. The number of hydrogen-bond acceptors (Lipinski definition) is 4. The maximum Gasteiger partial charge on any atom is 0.282 e. The van der Waals surface area contributed by atoms with Crippen LogP contribution in [0.3, 0.4) is 0 Å². The lowest BCUT2D eigenvalue weighted by Gasteiger charge is -2.03. The number of thiophene rings is 2. The summed E-state index contributed by atoms with van der Waals surface area (Å²) in [6, 6.07) is 14.0. The van der Waals surface area contributed by atoms with E-state index < -0.39 is 0 Å². The first-order valence-corrected chi connectivity index (χ1v) is 8.51. The average Bonchev–Trinajstić information content (AvgIpc) is 3.19. The van der Waals surface area contributed by atoms with Gasteiger partial charge in [-0.1, -0.05) is 35.9 Å². The van der Waals surface area contributed by atoms with Crippen molar-refractivity contribution in [2.24, 2.45) is 5.10 Å². The van der Waals surface area contributed by atoms with E-state index in [9.17, 15) is 4.79 Å². The molecule has 110 valence electrons. The van der Waals surface area contributed by atoms with Crippen LogP contribution in [0, 0.1) is 6.92 Å². The Bertz CT molecular complexity index is 786. The van der Waals surface area contributed by atoms with Crippen LogP contribution < -0.4 is 5.43 Å². The molecule has 2 heterocycles. The van der Waals surface area contributed by atoms with E-state index >= 15 is 0 Å². The summed E-state index contributed by atoms with van der Waals surface area (Å²) in [4.78, 5) is 14.0. The van der Waals surface area contributed by atoms with E-state index in [-0.39, 0.29) is 5.91 Å². The van der Waals surface area contributed by atoms with Gasteiger partial charge in [-0.05, 0) is 35.4 Å². The molecule has 0 unspecified atom stereocenters. The Morgan fingerprint density at radius 2 is 1.91 bits per heavy atom. The van der Waals surface area contributed by atoms with Gasteiger partial charge in [0.1, 0.15) is 4.88 Å². The molecule has 3 rings (SSSR count). The van der Waals surface area contributed by atoms with Crippen molar-refractivity contribution in [2.75, 3.05) is 0 Å². The van der Waals surface area contributed by atoms with Gasteiger partial charge in [-0.2, -0.15) is 5.10 Å². The summed E-state index contributed by atoms with van der Waals surface area (Å²) in [6.07, 6.45) is 1.65. The third kappa shape index (κ3) is 3.32. The van der Waals surface area contributed by atoms with Crippen molar-refractivity contribution < 1.29 is 4.79 Å². The van der Waals surface area contributed by atoms with Crippen LogP contribution in [0.2, 0.25) is 0 Å². The van der Waals surface area contributed by atoms with E-state index in [1.807, 2.05) is 60.1 Å². The van der Waals surface area contributed by atoms with E-state index in [4.69, 9.17) is 0 Å². The van der Waals surface area contributed by atoms with Gasteiger partial charge >= 0.3 is 0 Å². The van der Waals surface area contributed by atoms with Crippen LogP contribution in [0.1, 0.15) is 20.1 Å². The quantitative estimate of drug-likeness (QED) is 0.554. The lowest BCUT2D eigenvalue weighted by Crippen LogP contribution is -2.16. The van der Waals surface area contributed by atoms with Crippen LogP contribution in [0.4, 0.5) is 0 Å². The smallest absolute Gasteiger partial charge is 0.266 e. The molecule has 1 amide bonds. The molecule has 0 saturated heterocycles. The molecule has 0 fully saturated rings. The summed E-state index contributed by atoms with van der Waals surface area (Å²) in [7, 11) is 0. The molecule has 3 nitrogen and oxygen atoms in total. The predicted molar refractivity (Wildman–Crippen MR) is 93.9 cm³/mol. The molecule has 22 heavy (non-hydrogen) atoms. The highest BCUT2D eigenvalue weighted by Crippen LogP contribution is 2.28. The average molecular weight is 326 g/mol. The number of hydrogen-bond donors (Lipinski definition) is 1. The fourth-order valence-corrected chi connectivity index (χ4v) is 3.41. The molecule has 2 aromatic heterocycles. The summed E-state index contributed by atoms with van der Waals surface area (Å²) >= 11 is 3.00.